The Hall–Kier alpha value is -3.32. The number of aromatic nitrogens is 1. The van der Waals surface area contributed by atoms with E-state index in [1.807, 2.05) is 38.1 Å². The highest BCUT2D eigenvalue weighted by molar-refractivity contribution is 7.16. The van der Waals surface area contributed by atoms with Crippen LogP contribution < -0.4 is 19.5 Å². The van der Waals surface area contributed by atoms with Crippen molar-refractivity contribution in [3.63, 3.8) is 0 Å². The second kappa shape index (κ2) is 9.45. The summed E-state index contributed by atoms with van der Waals surface area (Å²) in [6, 6.07) is 11.7. The first kappa shape index (κ1) is 21.4. The molecular weight excluding hydrogens is 400 g/mol. The van der Waals surface area contributed by atoms with E-state index in [2.05, 4.69) is 10.3 Å². The highest BCUT2D eigenvalue weighted by Gasteiger charge is 2.13. The lowest BCUT2D eigenvalue weighted by atomic mass is 10.1. The van der Waals surface area contributed by atoms with Crippen LogP contribution in [0.5, 0.6) is 17.2 Å². The SMILES string of the molecule is COc1cc(/C=C/C(=O)Nc2nc(-c3ccc(C)cc3)c(C)s2)cc(OC)c1OC. The molecule has 0 aliphatic carbocycles. The molecule has 1 amide bonds. The Balaban J connectivity index is 1.75. The molecule has 156 valence electrons. The molecule has 1 heterocycles. The first-order chi connectivity index (χ1) is 14.4. The smallest absolute Gasteiger partial charge is 0.250 e. The van der Waals surface area contributed by atoms with Crippen molar-refractivity contribution in [2.45, 2.75) is 13.8 Å². The first-order valence-electron chi connectivity index (χ1n) is 9.28. The maximum atomic E-state index is 12.4. The topological polar surface area (TPSA) is 69.7 Å². The Morgan fingerprint density at radius 3 is 2.20 bits per heavy atom. The van der Waals surface area contributed by atoms with Gasteiger partial charge in [0.25, 0.3) is 0 Å². The summed E-state index contributed by atoms with van der Waals surface area (Å²) in [5.74, 6) is 1.28. The second-order valence-electron chi connectivity index (χ2n) is 6.57. The molecule has 1 aromatic heterocycles. The van der Waals surface area contributed by atoms with Gasteiger partial charge in [-0.1, -0.05) is 29.8 Å². The number of hydrogen-bond donors (Lipinski definition) is 1. The summed E-state index contributed by atoms with van der Waals surface area (Å²) in [6.45, 7) is 4.04. The van der Waals surface area contributed by atoms with E-state index in [0.29, 0.717) is 22.4 Å². The number of thiazole rings is 1. The molecule has 0 spiro atoms. The minimum Gasteiger partial charge on any atom is -0.493 e. The van der Waals surface area contributed by atoms with Crippen LogP contribution in [0.25, 0.3) is 17.3 Å². The van der Waals surface area contributed by atoms with Crippen molar-refractivity contribution in [3.05, 3.63) is 58.5 Å². The van der Waals surface area contributed by atoms with Gasteiger partial charge in [0, 0.05) is 16.5 Å². The lowest BCUT2D eigenvalue weighted by molar-refractivity contribution is -0.111. The highest BCUT2D eigenvalue weighted by atomic mass is 32.1. The molecule has 1 N–H and O–H groups in total. The van der Waals surface area contributed by atoms with Crippen molar-refractivity contribution in [1.29, 1.82) is 0 Å². The number of nitrogens with one attached hydrogen (secondary N) is 1. The van der Waals surface area contributed by atoms with Gasteiger partial charge in [-0.2, -0.15) is 0 Å². The molecule has 6 nitrogen and oxygen atoms in total. The summed E-state index contributed by atoms with van der Waals surface area (Å²) >= 11 is 1.45. The zero-order valence-corrected chi connectivity index (χ0v) is 18.4. The number of anilines is 1. The van der Waals surface area contributed by atoms with Gasteiger partial charge in [0.15, 0.2) is 16.6 Å². The fourth-order valence-corrected chi connectivity index (χ4v) is 3.78. The highest BCUT2D eigenvalue weighted by Crippen LogP contribution is 2.38. The Kier molecular flexibility index (Phi) is 6.74. The maximum Gasteiger partial charge on any atom is 0.250 e. The van der Waals surface area contributed by atoms with E-state index in [-0.39, 0.29) is 5.91 Å². The third-order valence-corrected chi connectivity index (χ3v) is 5.35. The van der Waals surface area contributed by atoms with E-state index in [1.54, 1.807) is 39.5 Å². The quantitative estimate of drug-likeness (QED) is 0.534. The van der Waals surface area contributed by atoms with Crippen LogP contribution in [-0.4, -0.2) is 32.2 Å². The van der Waals surface area contributed by atoms with Crippen LogP contribution in [0.3, 0.4) is 0 Å². The molecule has 0 saturated carbocycles. The molecule has 0 atom stereocenters. The van der Waals surface area contributed by atoms with Crippen LogP contribution in [0.2, 0.25) is 0 Å². The predicted molar refractivity (Wildman–Crippen MR) is 121 cm³/mol. The predicted octanol–water partition coefficient (Wildman–Crippen LogP) is 5.10. The lowest BCUT2D eigenvalue weighted by Gasteiger charge is -2.12. The van der Waals surface area contributed by atoms with Crippen LogP contribution in [0.1, 0.15) is 16.0 Å². The Morgan fingerprint density at radius 1 is 1.00 bits per heavy atom. The summed E-state index contributed by atoms with van der Waals surface area (Å²) in [5.41, 5.74) is 3.85. The Bertz CT molecular complexity index is 1050. The standard InChI is InChI=1S/C23H24N2O4S/c1-14-6-9-17(10-7-14)21-15(2)30-23(25-21)24-20(26)11-8-16-12-18(27-3)22(29-5)19(13-16)28-4/h6-13H,1-5H3,(H,24,25,26)/b11-8+. The molecule has 0 aliphatic heterocycles. The number of ether oxygens (including phenoxy) is 3. The molecule has 0 bridgehead atoms. The van der Waals surface area contributed by atoms with E-state index < -0.39 is 0 Å². The van der Waals surface area contributed by atoms with Crippen LogP contribution in [-0.2, 0) is 4.79 Å². The molecule has 3 rings (SSSR count). The van der Waals surface area contributed by atoms with Gasteiger partial charge in [0.2, 0.25) is 11.7 Å². The zero-order chi connectivity index (χ0) is 21.7. The molecule has 3 aromatic rings. The van der Waals surface area contributed by atoms with Crippen molar-refractivity contribution in [1.82, 2.24) is 4.98 Å². The normalized spacial score (nSPS) is 10.8. The van der Waals surface area contributed by atoms with E-state index in [1.165, 1.54) is 23.0 Å². The van der Waals surface area contributed by atoms with Gasteiger partial charge in [0.05, 0.1) is 27.0 Å². The minimum atomic E-state index is -0.270. The van der Waals surface area contributed by atoms with Crippen molar-refractivity contribution in [2.75, 3.05) is 26.6 Å². The molecule has 0 aliphatic rings. The fourth-order valence-electron chi connectivity index (χ4n) is 2.95. The fraction of sp³-hybridized carbons (Fsp3) is 0.217. The van der Waals surface area contributed by atoms with Gasteiger partial charge in [0.1, 0.15) is 0 Å². The number of carbonyl (C=O) groups excluding carboxylic acids is 1. The number of aryl methyl sites for hydroxylation is 2. The van der Waals surface area contributed by atoms with Gasteiger partial charge in [-0.25, -0.2) is 4.98 Å². The summed E-state index contributed by atoms with van der Waals surface area (Å²) < 4.78 is 16.0. The van der Waals surface area contributed by atoms with E-state index in [4.69, 9.17) is 14.2 Å². The molecule has 30 heavy (non-hydrogen) atoms. The molecule has 7 heteroatoms. The summed E-state index contributed by atoms with van der Waals surface area (Å²) in [7, 11) is 4.64. The van der Waals surface area contributed by atoms with Gasteiger partial charge in [-0.3, -0.25) is 10.1 Å². The monoisotopic (exact) mass is 424 g/mol. The minimum absolute atomic E-state index is 0.270. The first-order valence-corrected chi connectivity index (χ1v) is 10.1. The summed E-state index contributed by atoms with van der Waals surface area (Å²) in [4.78, 5) is 18.0. The van der Waals surface area contributed by atoms with Crippen LogP contribution in [0.15, 0.2) is 42.5 Å². The third-order valence-electron chi connectivity index (χ3n) is 4.47. The average molecular weight is 425 g/mol. The van der Waals surface area contributed by atoms with E-state index in [0.717, 1.165) is 21.7 Å². The third kappa shape index (κ3) is 4.80. The lowest BCUT2D eigenvalue weighted by Crippen LogP contribution is -2.07. The van der Waals surface area contributed by atoms with E-state index in [9.17, 15) is 4.79 Å². The molecule has 0 saturated heterocycles. The number of benzene rings is 2. The number of nitrogens with zero attached hydrogens (tertiary/aromatic N) is 1. The Morgan fingerprint density at radius 2 is 1.63 bits per heavy atom. The Labute approximate surface area is 180 Å². The number of carbonyl (C=O) groups is 1. The van der Waals surface area contributed by atoms with Gasteiger partial charge >= 0.3 is 0 Å². The molecule has 0 radical (unpaired) electrons. The summed E-state index contributed by atoms with van der Waals surface area (Å²) in [5, 5.41) is 3.39. The number of rotatable bonds is 7. The zero-order valence-electron chi connectivity index (χ0n) is 17.6. The van der Waals surface area contributed by atoms with Crippen molar-refractivity contribution < 1.29 is 19.0 Å². The second-order valence-corrected chi connectivity index (χ2v) is 7.77. The molecular formula is C23H24N2O4S. The van der Waals surface area contributed by atoms with E-state index >= 15 is 0 Å². The molecule has 0 fully saturated rings. The van der Waals surface area contributed by atoms with Crippen LogP contribution in [0, 0.1) is 13.8 Å². The van der Waals surface area contributed by atoms with Gasteiger partial charge in [-0.05, 0) is 37.6 Å². The van der Waals surface area contributed by atoms with Crippen molar-refractivity contribution in [2.24, 2.45) is 0 Å². The number of methoxy groups -OCH3 is 3. The molecule has 2 aromatic carbocycles. The van der Waals surface area contributed by atoms with Crippen molar-refractivity contribution in [3.8, 4) is 28.5 Å². The summed E-state index contributed by atoms with van der Waals surface area (Å²) in [6.07, 6.45) is 3.13. The van der Waals surface area contributed by atoms with Gasteiger partial charge in [-0.15, -0.1) is 11.3 Å². The maximum absolute atomic E-state index is 12.4. The van der Waals surface area contributed by atoms with Crippen LogP contribution >= 0.6 is 11.3 Å². The van der Waals surface area contributed by atoms with Crippen LogP contribution in [0.4, 0.5) is 5.13 Å². The van der Waals surface area contributed by atoms with Crippen molar-refractivity contribution >= 4 is 28.5 Å². The molecule has 0 unspecified atom stereocenters. The number of hydrogen-bond acceptors (Lipinski definition) is 6. The van der Waals surface area contributed by atoms with Gasteiger partial charge < -0.3 is 14.2 Å². The average Bonchev–Trinajstić information content (AvgIpc) is 3.11. The number of amides is 1. The largest absolute Gasteiger partial charge is 0.493 e.